The van der Waals surface area contributed by atoms with Gasteiger partial charge in [0.1, 0.15) is 17.3 Å². The molecule has 0 saturated carbocycles. The molecule has 1 aromatic carbocycles. The van der Waals surface area contributed by atoms with Crippen LogP contribution >= 0.6 is 0 Å². The molecule has 150 valence electrons. The lowest BCUT2D eigenvalue weighted by Gasteiger charge is -2.40. The predicted octanol–water partition coefficient (Wildman–Crippen LogP) is 2.37. The van der Waals surface area contributed by atoms with Crippen molar-refractivity contribution in [1.82, 2.24) is 9.97 Å². The molecule has 2 aliphatic rings. The lowest BCUT2D eigenvalue weighted by molar-refractivity contribution is 0.0152. The first-order valence-electron chi connectivity index (χ1n) is 9.57. The summed E-state index contributed by atoms with van der Waals surface area (Å²) in [6.07, 6.45) is 6.12. The molecule has 2 bridgehead atoms. The fraction of sp³-hybridized carbons (Fsp3) is 0.500. The highest BCUT2D eigenvalue weighted by Crippen LogP contribution is 2.42. The zero-order valence-corrected chi connectivity index (χ0v) is 16.3. The number of nitrogens with two attached hydrogens (primary N) is 2. The van der Waals surface area contributed by atoms with Gasteiger partial charge in [-0.1, -0.05) is 0 Å². The number of aromatic nitrogens is 2. The largest absolute Gasteiger partial charge is 0.497 e. The highest BCUT2D eigenvalue weighted by atomic mass is 16.5. The van der Waals surface area contributed by atoms with Gasteiger partial charge in [0.15, 0.2) is 0 Å². The molecule has 28 heavy (non-hydrogen) atoms. The van der Waals surface area contributed by atoms with E-state index in [1.54, 1.807) is 20.4 Å². The van der Waals surface area contributed by atoms with E-state index in [4.69, 9.17) is 25.7 Å². The zero-order chi connectivity index (χ0) is 19.7. The molecule has 2 aliphatic heterocycles. The average Bonchev–Trinajstić information content (AvgIpc) is 2.97. The second kappa shape index (κ2) is 7.71. The summed E-state index contributed by atoms with van der Waals surface area (Å²) >= 11 is 0. The van der Waals surface area contributed by atoms with Crippen LogP contribution in [-0.4, -0.2) is 42.4 Å². The van der Waals surface area contributed by atoms with E-state index in [0.717, 1.165) is 48.4 Å². The van der Waals surface area contributed by atoms with Crippen molar-refractivity contribution in [3.05, 3.63) is 30.0 Å². The minimum Gasteiger partial charge on any atom is -0.497 e. The van der Waals surface area contributed by atoms with Crippen molar-refractivity contribution in [2.45, 2.75) is 50.5 Å². The predicted molar refractivity (Wildman–Crippen MR) is 108 cm³/mol. The SMILES string of the molecule is COc1cc(OC)cc(N2C3CCC2CC(OCc2cnc(N)nc2N)C3)c1. The van der Waals surface area contributed by atoms with Crippen LogP contribution < -0.4 is 25.8 Å². The van der Waals surface area contributed by atoms with Crippen LogP contribution in [-0.2, 0) is 11.3 Å². The van der Waals surface area contributed by atoms with E-state index in [-0.39, 0.29) is 12.1 Å². The first kappa shape index (κ1) is 18.6. The van der Waals surface area contributed by atoms with Crippen molar-refractivity contribution >= 4 is 17.5 Å². The summed E-state index contributed by atoms with van der Waals surface area (Å²) in [6.45, 7) is 0.406. The molecule has 4 rings (SSSR count). The van der Waals surface area contributed by atoms with Crippen molar-refractivity contribution in [2.24, 2.45) is 0 Å². The van der Waals surface area contributed by atoms with Crippen molar-refractivity contribution in [3.8, 4) is 11.5 Å². The summed E-state index contributed by atoms with van der Waals surface area (Å²) in [7, 11) is 3.36. The van der Waals surface area contributed by atoms with Crippen LogP contribution in [0.3, 0.4) is 0 Å². The molecule has 8 heteroatoms. The summed E-state index contributed by atoms with van der Waals surface area (Å²) < 4.78 is 17.1. The monoisotopic (exact) mass is 385 g/mol. The van der Waals surface area contributed by atoms with E-state index in [0.29, 0.717) is 24.5 Å². The van der Waals surface area contributed by atoms with Gasteiger partial charge in [-0.25, -0.2) is 4.98 Å². The molecule has 3 heterocycles. The Hall–Kier alpha value is -2.74. The molecule has 2 saturated heterocycles. The van der Waals surface area contributed by atoms with Crippen LogP contribution in [0.4, 0.5) is 17.5 Å². The number of hydrogen-bond acceptors (Lipinski definition) is 8. The number of rotatable bonds is 6. The first-order valence-corrected chi connectivity index (χ1v) is 9.57. The Balaban J connectivity index is 1.44. The lowest BCUT2D eigenvalue weighted by atomic mass is 9.98. The van der Waals surface area contributed by atoms with E-state index in [1.165, 1.54) is 0 Å². The number of anilines is 3. The minimum atomic E-state index is 0.182. The van der Waals surface area contributed by atoms with Crippen LogP contribution in [0.5, 0.6) is 11.5 Å². The second-order valence-corrected chi connectivity index (χ2v) is 7.41. The average molecular weight is 385 g/mol. The molecule has 0 spiro atoms. The van der Waals surface area contributed by atoms with Crippen LogP contribution in [0.2, 0.25) is 0 Å². The Kier molecular flexibility index (Phi) is 5.13. The number of piperidine rings is 1. The summed E-state index contributed by atoms with van der Waals surface area (Å²) in [4.78, 5) is 10.5. The highest BCUT2D eigenvalue weighted by molar-refractivity contribution is 5.58. The molecule has 2 fully saturated rings. The number of methoxy groups -OCH3 is 2. The Bertz CT molecular complexity index is 810. The number of fused-ring (bicyclic) bond motifs is 2. The van der Waals surface area contributed by atoms with E-state index >= 15 is 0 Å². The Morgan fingerprint density at radius 3 is 2.25 bits per heavy atom. The van der Waals surface area contributed by atoms with E-state index < -0.39 is 0 Å². The van der Waals surface area contributed by atoms with Gasteiger partial charge in [-0.3, -0.25) is 0 Å². The quantitative estimate of drug-likeness (QED) is 0.780. The van der Waals surface area contributed by atoms with Gasteiger partial charge in [-0.05, 0) is 25.7 Å². The van der Waals surface area contributed by atoms with Gasteiger partial charge in [0.25, 0.3) is 0 Å². The van der Waals surface area contributed by atoms with Crippen molar-refractivity contribution < 1.29 is 14.2 Å². The van der Waals surface area contributed by atoms with Crippen molar-refractivity contribution in [2.75, 3.05) is 30.6 Å². The maximum atomic E-state index is 6.17. The van der Waals surface area contributed by atoms with Crippen molar-refractivity contribution in [1.29, 1.82) is 0 Å². The molecular weight excluding hydrogens is 358 g/mol. The van der Waals surface area contributed by atoms with Crippen LogP contribution in [0, 0.1) is 0 Å². The number of nitrogen functional groups attached to an aromatic ring is 2. The van der Waals surface area contributed by atoms with Crippen LogP contribution in [0.1, 0.15) is 31.2 Å². The van der Waals surface area contributed by atoms with E-state index in [2.05, 4.69) is 27.0 Å². The fourth-order valence-electron chi connectivity index (χ4n) is 4.38. The van der Waals surface area contributed by atoms with Gasteiger partial charge in [0.2, 0.25) is 5.95 Å². The maximum Gasteiger partial charge on any atom is 0.221 e. The summed E-state index contributed by atoms with van der Waals surface area (Å²) in [6, 6.07) is 6.96. The lowest BCUT2D eigenvalue weighted by Crippen LogP contribution is -2.45. The zero-order valence-electron chi connectivity index (χ0n) is 16.3. The van der Waals surface area contributed by atoms with Gasteiger partial charge < -0.3 is 30.6 Å². The molecule has 1 aromatic heterocycles. The molecule has 8 nitrogen and oxygen atoms in total. The molecule has 0 amide bonds. The highest BCUT2D eigenvalue weighted by Gasteiger charge is 2.41. The molecule has 2 aromatic rings. The van der Waals surface area contributed by atoms with Gasteiger partial charge in [-0.2, -0.15) is 4.98 Å². The van der Waals surface area contributed by atoms with Gasteiger partial charge in [-0.15, -0.1) is 0 Å². The smallest absolute Gasteiger partial charge is 0.221 e. The minimum absolute atomic E-state index is 0.182. The Morgan fingerprint density at radius 2 is 1.68 bits per heavy atom. The first-order chi connectivity index (χ1) is 13.6. The molecule has 2 unspecified atom stereocenters. The normalized spacial score (nSPS) is 23.6. The number of benzene rings is 1. The molecular formula is C20H27N5O3. The Labute approximate surface area is 164 Å². The fourth-order valence-corrected chi connectivity index (χ4v) is 4.38. The summed E-state index contributed by atoms with van der Waals surface area (Å²) in [5.41, 5.74) is 13.4. The third-order valence-corrected chi connectivity index (χ3v) is 5.72. The Morgan fingerprint density at radius 1 is 1.04 bits per heavy atom. The standard InChI is InChI=1S/C20H27N5O3/c1-26-16-7-15(8-17(9-16)27-2)25-13-3-4-14(25)6-18(5-13)28-11-12-10-23-20(22)24-19(12)21/h7-10,13-14,18H,3-6,11H2,1-2H3,(H4,21,22,23,24). The molecule has 0 aliphatic carbocycles. The molecule has 4 N–H and O–H groups in total. The van der Waals surface area contributed by atoms with Crippen LogP contribution in [0.25, 0.3) is 0 Å². The van der Waals surface area contributed by atoms with E-state index in [1.807, 2.05) is 6.07 Å². The third kappa shape index (κ3) is 3.64. The number of ether oxygens (including phenoxy) is 3. The third-order valence-electron chi connectivity index (χ3n) is 5.72. The second-order valence-electron chi connectivity index (χ2n) is 7.41. The van der Waals surface area contributed by atoms with Gasteiger partial charge in [0, 0.05) is 47.7 Å². The summed E-state index contributed by atoms with van der Waals surface area (Å²) in [5.74, 6) is 2.19. The summed E-state index contributed by atoms with van der Waals surface area (Å²) in [5, 5.41) is 0. The maximum absolute atomic E-state index is 6.17. The number of hydrogen-bond donors (Lipinski definition) is 2. The topological polar surface area (TPSA) is 109 Å². The van der Waals surface area contributed by atoms with E-state index in [9.17, 15) is 0 Å². The van der Waals surface area contributed by atoms with Gasteiger partial charge >= 0.3 is 0 Å². The molecule has 2 atom stereocenters. The number of nitrogens with zero attached hydrogens (tertiary/aromatic N) is 3. The van der Waals surface area contributed by atoms with Crippen LogP contribution in [0.15, 0.2) is 24.4 Å². The molecule has 0 radical (unpaired) electrons. The van der Waals surface area contributed by atoms with Gasteiger partial charge in [0.05, 0.1) is 26.9 Å². The van der Waals surface area contributed by atoms with Crippen molar-refractivity contribution in [3.63, 3.8) is 0 Å².